The molecule has 0 saturated carbocycles. The first-order valence-corrected chi connectivity index (χ1v) is 4.95. The van der Waals surface area contributed by atoms with Crippen molar-refractivity contribution >= 4 is 12.0 Å². The van der Waals surface area contributed by atoms with Crippen molar-refractivity contribution in [1.82, 2.24) is 0 Å². The molecular weight excluding hydrogens is 190 g/mol. The van der Waals surface area contributed by atoms with Crippen LogP contribution in [0.25, 0.3) is 0 Å². The highest BCUT2D eigenvalue weighted by Gasteiger charge is 2.03. The van der Waals surface area contributed by atoms with Crippen molar-refractivity contribution < 1.29 is 9.53 Å². The summed E-state index contributed by atoms with van der Waals surface area (Å²) in [7, 11) is 3.70. The number of rotatable bonds is 5. The molecule has 0 aliphatic carbocycles. The van der Waals surface area contributed by atoms with E-state index in [0.717, 1.165) is 29.6 Å². The van der Waals surface area contributed by atoms with Gasteiger partial charge < -0.3 is 9.64 Å². The minimum atomic E-state index is 0.699. The summed E-state index contributed by atoms with van der Waals surface area (Å²) in [5.41, 5.74) is 2.86. The first-order valence-electron chi connectivity index (χ1n) is 4.95. The van der Waals surface area contributed by atoms with Gasteiger partial charge in [-0.3, -0.25) is 4.79 Å². The number of hydrogen-bond acceptors (Lipinski definition) is 3. The molecule has 0 fully saturated rings. The van der Waals surface area contributed by atoms with Gasteiger partial charge in [-0.15, -0.1) is 0 Å². The molecule has 82 valence electrons. The topological polar surface area (TPSA) is 29.5 Å². The van der Waals surface area contributed by atoms with Crippen molar-refractivity contribution in [3.63, 3.8) is 0 Å². The molecule has 3 nitrogen and oxygen atoms in total. The summed E-state index contributed by atoms with van der Waals surface area (Å²) in [6, 6.07) is 5.81. The molecule has 1 rings (SSSR count). The highest BCUT2D eigenvalue weighted by atomic mass is 16.5. The molecule has 1 aromatic rings. The van der Waals surface area contributed by atoms with Gasteiger partial charge in [0.05, 0.1) is 6.61 Å². The molecule has 1 aromatic carbocycles. The van der Waals surface area contributed by atoms with Crippen molar-refractivity contribution in [2.75, 3.05) is 32.2 Å². The Labute approximate surface area is 90.7 Å². The Morgan fingerprint density at radius 3 is 2.73 bits per heavy atom. The van der Waals surface area contributed by atoms with Gasteiger partial charge in [-0.1, -0.05) is 0 Å². The van der Waals surface area contributed by atoms with E-state index in [1.54, 1.807) is 7.11 Å². The summed E-state index contributed by atoms with van der Waals surface area (Å²) in [6.07, 6.45) is 0.883. The summed E-state index contributed by atoms with van der Waals surface area (Å²) in [6.45, 7) is 3.48. The second-order valence-electron chi connectivity index (χ2n) is 3.57. The molecule has 3 heteroatoms. The van der Waals surface area contributed by atoms with Gasteiger partial charge in [0.1, 0.15) is 6.29 Å². The molecule has 0 atom stereocenters. The van der Waals surface area contributed by atoms with Crippen molar-refractivity contribution in [3.05, 3.63) is 29.3 Å². The Morgan fingerprint density at radius 1 is 1.47 bits per heavy atom. The van der Waals surface area contributed by atoms with Gasteiger partial charge in [-0.05, 0) is 30.7 Å². The summed E-state index contributed by atoms with van der Waals surface area (Å²) in [5.74, 6) is 0. The zero-order valence-electron chi connectivity index (χ0n) is 9.49. The third-order valence-corrected chi connectivity index (χ3v) is 2.45. The average Bonchev–Trinajstić information content (AvgIpc) is 2.25. The average molecular weight is 207 g/mol. The molecule has 0 aromatic heterocycles. The fourth-order valence-electron chi connectivity index (χ4n) is 1.39. The second-order valence-corrected chi connectivity index (χ2v) is 3.57. The number of carbonyl (C=O) groups excluding carboxylic acids is 1. The van der Waals surface area contributed by atoms with Gasteiger partial charge in [0.15, 0.2) is 0 Å². The van der Waals surface area contributed by atoms with Crippen LogP contribution >= 0.6 is 0 Å². The van der Waals surface area contributed by atoms with E-state index < -0.39 is 0 Å². The smallest absolute Gasteiger partial charge is 0.150 e. The highest BCUT2D eigenvalue weighted by Crippen LogP contribution is 2.16. The number of benzene rings is 1. The lowest BCUT2D eigenvalue weighted by atomic mass is 10.1. The summed E-state index contributed by atoms with van der Waals surface area (Å²) in [5, 5.41) is 0. The predicted molar refractivity (Wildman–Crippen MR) is 61.7 cm³/mol. The molecule has 0 aliphatic rings. The number of methoxy groups -OCH3 is 1. The van der Waals surface area contributed by atoms with Gasteiger partial charge in [0, 0.05) is 32.0 Å². The second kappa shape index (κ2) is 5.51. The number of nitrogens with zero attached hydrogens (tertiary/aromatic N) is 1. The maximum atomic E-state index is 10.6. The molecule has 0 heterocycles. The predicted octanol–water partition coefficient (Wildman–Crippen LogP) is 1.89. The largest absolute Gasteiger partial charge is 0.383 e. The molecule has 0 radical (unpaired) electrons. The van der Waals surface area contributed by atoms with E-state index in [1.165, 1.54) is 0 Å². The molecule has 0 saturated heterocycles. The number of anilines is 1. The van der Waals surface area contributed by atoms with Crippen LogP contribution in [0, 0.1) is 6.92 Å². The lowest BCUT2D eigenvalue weighted by Crippen LogP contribution is -2.22. The lowest BCUT2D eigenvalue weighted by molar-refractivity contribution is 0.112. The summed E-state index contributed by atoms with van der Waals surface area (Å²) >= 11 is 0. The first-order chi connectivity index (χ1) is 7.19. The number of hydrogen-bond donors (Lipinski definition) is 0. The normalized spacial score (nSPS) is 10.1. The van der Waals surface area contributed by atoms with Crippen molar-refractivity contribution in [2.24, 2.45) is 0 Å². The van der Waals surface area contributed by atoms with Gasteiger partial charge in [0.25, 0.3) is 0 Å². The maximum Gasteiger partial charge on any atom is 0.150 e. The SMILES string of the molecule is COCCN(C)c1ccc(C=O)c(C)c1. The Morgan fingerprint density at radius 2 is 2.20 bits per heavy atom. The minimum Gasteiger partial charge on any atom is -0.383 e. The van der Waals surface area contributed by atoms with E-state index in [1.807, 2.05) is 32.2 Å². The van der Waals surface area contributed by atoms with Crippen LogP contribution in [-0.2, 0) is 4.74 Å². The van der Waals surface area contributed by atoms with E-state index in [0.29, 0.717) is 6.61 Å². The van der Waals surface area contributed by atoms with E-state index >= 15 is 0 Å². The van der Waals surface area contributed by atoms with Crippen LogP contribution in [0.3, 0.4) is 0 Å². The van der Waals surface area contributed by atoms with Gasteiger partial charge in [-0.25, -0.2) is 0 Å². The van der Waals surface area contributed by atoms with E-state index in [-0.39, 0.29) is 0 Å². The van der Waals surface area contributed by atoms with E-state index in [9.17, 15) is 4.79 Å². The standard InChI is InChI=1S/C12H17NO2/c1-10-8-12(5-4-11(10)9-14)13(2)6-7-15-3/h4-5,8-9H,6-7H2,1-3H3. The van der Waals surface area contributed by atoms with Crippen LogP contribution in [0.2, 0.25) is 0 Å². The van der Waals surface area contributed by atoms with Crippen molar-refractivity contribution in [2.45, 2.75) is 6.92 Å². The maximum absolute atomic E-state index is 10.6. The van der Waals surface area contributed by atoms with Crippen LogP contribution < -0.4 is 4.90 Å². The molecule has 0 unspecified atom stereocenters. The number of likely N-dealkylation sites (N-methyl/N-ethyl adjacent to an activating group) is 1. The Kier molecular flexibility index (Phi) is 4.31. The van der Waals surface area contributed by atoms with E-state index in [2.05, 4.69) is 4.90 Å². The molecule has 0 N–H and O–H groups in total. The zero-order chi connectivity index (χ0) is 11.3. The molecule has 0 amide bonds. The fraction of sp³-hybridized carbons (Fsp3) is 0.417. The quantitative estimate of drug-likeness (QED) is 0.690. The number of carbonyl (C=O) groups is 1. The first kappa shape index (κ1) is 11.7. The molecule has 0 aliphatic heterocycles. The lowest BCUT2D eigenvalue weighted by Gasteiger charge is -2.19. The Bertz CT molecular complexity index is 336. The van der Waals surface area contributed by atoms with Crippen LogP contribution in [-0.4, -0.2) is 33.6 Å². The zero-order valence-corrected chi connectivity index (χ0v) is 9.49. The monoisotopic (exact) mass is 207 g/mol. The van der Waals surface area contributed by atoms with E-state index in [4.69, 9.17) is 4.74 Å². The Hall–Kier alpha value is -1.35. The van der Waals surface area contributed by atoms with Crippen LogP contribution in [0.1, 0.15) is 15.9 Å². The van der Waals surface area contributed by atoms with Gasteiger partial charge >= 0.3 is 0 Å². The summed E-state index contributed by atoms with van der Waals surface area (Å²) in [4.78, 5) is 12.7. The van der Waals surface area contributed by atoms with Crippen LogP contribution in [0.4, 0.5) is 5.69 Å². The third-order valence-electron chi connectivity index (χ3n) is 2.45. The van der Waals surface area contributed by atoms with Crippen LogP contribution in [0.15, 0.2) is 18.2 Å². The van der Waals surface area contributed by atoms with Crippen LogP contribution in [0.5, 0.6) is 0 Å². The molecule has 0 bridgehead atoms. The summed E-state index contributed by atoms with van der Waals surface area (Å²) < 4.78 is 5.01. The van der Waals surface area contributed by atoms with Crippen molar-refractivity contribution in [1.29, 1.82) is 0 Å². The number of aldehydes is 1. The number of ether oxygens (including phenoxy) is 1. The number of aryl methyl sites for hydroxylation is 1. The molecular formula is C12H17NO2. The van der Waals surface area contributed by atoms with Crippen molar-refractivity contribution in [3.8, 4) is 0 Å². The highest BCUT2D eigenvalue weighted by molar-refractivity contribution is 5.78. The third kappa shape index (κ3) is 3.06. The Balaban J connectivity index is 2.77. The minimum absolute atomic E-state index is 0.699. The molecule has 0 spiro atoms. The van der Waals surface area contributed by atoms with Gasteiger partial charge in [-0.2, -0.15) is 0 Å². The fourth-order valence-corrected chi connectivity index (χ4v) is 1.39. The van der Waals surface area contributed by atoms with Gasteiger partial charge in [0.2, 0.25) is 0 Å². The molecule has 15 heavy (non-hydrogen) atoms.